The smallest absolute Gasteiger partial charge is 0.341 e. The van der Waals surface area contributed by atoms with E-state index in [-0.39, 0.29) is 4.90 Å². The average Bonchev–Trinajstić information content (AvgIpc) is 2.68. The van der Waals surface area contributed by atoms with Crippen LogP contribution < -0.4 is 15.5 Å². The first kappa shape index (κ1) is 19.1. The van der Waals surface area contributed by atoms with Crippen molar-refractivity contribution in [3.8, 4) is 0 Å². The van der Waals surface area contributed by atoms with Crippen molar-refractivity contribution in [3.63, 3.8) is 0 Å². The number of amides is 1. The number of benzene rings is 2. The molecule has 1 fully saturated rings. The lowest BCUT2D eigenvalue weighted by molar-refractivity contribution is 0.100. The van der Waals surface area contributed by atoms with Crippen molar-refractivity contribution in [1.29, 1.82) is 0 Å². The van der Waals surface area contributed by atoms with Crippen molar-refractivity contribution in [1.82, 2.24) is 0 Å². The Morgan fingerprint density at radius 3 is 1.63 bits per heavy atom. The number of primary amides is 1. The Kier molecular flexibility index (Phi) is 5.31. The SMILES string of the molecule is NC(=O)c1ccc(N2CCN(c3ccc(S(=O)(=O)C(F)F)cc3)CC2)cc1. The number of carbonyl (C=O) groups excluding carboxylic acids is 1. The number of nitrogens with zero attached hydrogens (tertiary/aromatic N) is 2. The van der Waals surface area contributed by atoms with Gasteiger partial charge in [0.05, 0.1) is 4.90 Å². The second-order valence-corrected chi connectivity index (χ2v) is 8.10. The summed E-state index contributed by atoms with van der Waals surface area (Å²) in [4.78, 5) is 15.0. The van der Waals surface area contributed by atoms with Crippen LogP contribution in [0.25, 0.3) is 0 Å². The summed E-state index contributed by atoms with van der Waals surface area (Å²) in [5.74, 6) is -3.89. The summed E-state index contributed by atoms with van der Waals surface area (Å²) in [6, 6.07) is 12.6. The van der Waals surface area contributed by atoms with Gasteiger partial charge in [-0.15, -0.1) is 0 Å². The van der Waals surface area contributed by atoms with Crippen molar-refractivity contribution >= 4 is 27.1 Å². The van der Waals surface area contributed by atoms with Crippen LogP contribution in [-0.4, -0.2) is 46.3 Å². The molecule has 1 amide bonds. The molecule has 3 rings (SSSR count). The topological polar surface area (TPSA) is 83.7 Å². The van der Waals surface area contributed by atoms with Gasteiger partial charge >= 0.3 is 5.76 Å². The Bertz CT molecular complexity index is 908. The van der Waals surface area contributed by atoms with Crippen LogP contribution in [0.2, 0.25) is 0 Å². The van der Waals surface area contributed by atoms with E-state index in [2.05, 4.69) is 9.80 Å². The zero-order valence-electron chi connectivity index (χ0n) is 14.4. The van der Waals surface area contributed by atoms with Gasteiger partial charge in [0, 0.05) is 43.1 Å². The standard InChI is InChI=1S/C18H19F2N3O3S/c19-18(20)27(25,26)16-7-5-15(6-8-16)23-11-9-22(10-12-23)14-3-1-13(2-4-14)17(21)24/h1-8,18H,9-12H2,(H2,21,24). The summed E-state index contributed by atoms with van der Waals surface area (Å²) in [5.41, 5.74) is 7.46. The maximum atomic E-state index is 12.6. The van der Waals surface area contributed by atoms with Crippen molar-refractivity contribution in [2.75, 3.05) is 36.0 Å². The zero-order valence-corrected chi connectivity index (χ0v) is 15.2. The molecular weight excluding hydrogens is 376 g/mol. The van der Waals surface area contributed by atoms with Gasteiger partial charge < -0.3 is 15.5 Å². The minimum absolute atomic E-state index is 0.380. The van der Waals surface area contributed by atoms with Crippen LogP contribution in [0, 0.1) is 0 Å². The van der Waals surface area contributed by atoms with E-state index in [0.717, 1.165) is 24.5 Å². The molecule has 0 radical (unpaired) electrons. The van der Waals surface area contributed by atoms with Crippen LogP contribution in [0.15, 0.2) is 53.4 Å². The Morgan fingerprint density at radius 2 is 1.26 bits per heavy atom. The molecular formula is C18H19F2N3O3S. The van der Waals surface area contributed by atoms with Gasteiger partial charge in [-0.3, -0.25) is 4.79 Å². The molecule has 9 heteroatoms. The number of piperazine rings is 1. The number of hydrogen-bond acceptors (Lipinski definition) is 5. The maximum absolute atomic E-state index is 12.6. The van der Waals surface area contributed by atoms with Gasteiger partial charge in [-0.2, -0.15) is 8.78 Å². The van der Waals surface area contributed by atoms with Gasteiger partial charge in [-0.05, 0) is 48.5 Å². The molecule has 2 N–H and O–H groups in total. The number of sulfone groups is 1. The van der Waals surface area contributed by atoms with E-state index in [1.165, 1.54) is 12.1 Å². The van der Waals surface area contributed by atoms with Crippen LogP contribution in [0.4, 0.5) is 20.2 Å². The van der Waals surface area contributed by atoms with Gasteiger partial charge in [-0.1, -0.05) is 0 Å². The predicted molar refractivity (Wildman–Crippen MR) is 99.0 cm³/mol. The lowest BCUT2D eigenvalue weighted by Crippen LogP contribution is -2.46. The molecule has 2 aromatic rings. The Hall–Kier alpha value is -2.68. The molecule has 27 heavy (non-hydrogen) atoms. The average molecular weight is 395 g/mol. The fourth-order valence-corrected chi connectivity index (χ4v) is 3.73. The minimum Gasteiger partial charge on any atom is -0.368 e. The van der Waals surface area contributed by atoms with Crippen LogP contribution in [0.1, 0.15) is 10.4 Å². The zero-order chi connectivity index (χ0) is 19.6. The molecule has 0 atom stereocenters. The number of alkyl halides is 2. The monoisotopic (exact) mass is 395 g/mol. The summed E-state index contributed by atoms with van der Waals surface area (Å²) < 4.78 is 48.2. The fourth-order valence-electron chi connectivity index (χ4n) is 3.01. The first-order valence-corrected chi connectivity index (χ1v) is 9.85. The Balaban J connectivity index is 1.64. The number of carbonyl (C=O) groups is 1. The van der Waals surface area contributed by atoms with Crippen molar-refractivity contribution in [3.05, 3.63) is 54.1 Å². The third-order valence-corrected chi connectivity index (χ3v) is 5.96. The first-order valence-electron chi connectivity index (χ1n) is 8.31. The van der Waals surface area contributed by atoms with E-state index < -0.39 is 21.5 Å². The van der Waals surface area contributed by atoms with Gasteiger partial charge in [0.25, 0.3) is 0 Å². The Morgan fingerprint density at radius 1 is 0.852 bits per heavy atom. The van der Waals surface area contributed by atoms with Crippen LogP contribution >= 0.6 is 0 Å². The summed E-state index contributed by atoms with van der Waals surface area (Å²) in [5, 5.41) is 0. The highest BCUT2D eigenvalue weighted by Crippen LogP contribution is 2.24. The normalized spacial score (nSPS) is 15.2. The van der Waals surface area contributed by atoms with Crippen molar-refractivity contribution in [2.24, 2.45) is 5.73 Å². The molecule has 1 aliphatic heterocycles. The summed E-state index contributed by atoms with van der Waals surface area (Å²) >= 11 is 0. The van der Waals surface area contributed by atoms with Gasteiger partial charge in [0.2, 0.25) is 15.7 Å². The molecule has 144 valence electrons. The number of nitrogens with two attached hydrogens (primary N) is 1. The minimum atomic E-state index is -4.57. The molecule has 0 aromatic heterocycles. The van der Waals surface area contributed by atoms with E-state index in [9.17, 15) is 22.0 Å². The first-order chi connectivity index (χ1) is 12.8. The number of anilines is 2. The largest absolute Gasteiger partial charge is 0.368 e. The molecule has 0 saturated carbocycles. The number of hydrogen-bond donors (Lipinski definition) is 1. The predicted octanol–water partition coefficient (Wildman–Crippen LogP) is 2.11. The lowest BCUT2D eigenvalue weighted by Gasteiger charge is -2.37. The number of rotatable bonds is 5. The summed E-state index contributed by atoms with van der Waals surface area (Å²) in [6.45, 7) is 2.84. The maximum Gasteiger partial charge on any atom is 0.341 e. The highest BCUT2D eigenvalue weighted by molar-refractivity contribution is 7.91. The molecule has 1 saturated heterocycles. The second-order valence-electron chi connectivity index (χ2n) is 6.18. The lowest BCUT2D eigenvalue weighted by atomic mass is 10.1. The van der Waals surface area contributed by atoms with Crippen LogP contribution in [0.3, 0.4) is 0 Å². The van der Waals surface area contributed by atoms with Gasteiger partial charge in [0.15, 0.2) is 0 Å². The molecule has 0 spiro atoms. The van der Waals surface area contributed by atoms with Crippen LogP contribution in [-0.2, 0) is 9.84 Å². The number of halogens is 2. The van der Waals surface area contributed by atoms with Crippen LogP contribution in [0.5, 0.6) is 0 Å². The van der Waals surface area contributed by atoms with E-state index in [4.69, 9.17) is 5.73 Å². The third-order valence-electron chi connectivity index (χ3n) is 4.56. The molecule has 0 aliphatic carbocycles. The van der Waals surface area contributed by atoms with Crippen molar-refractivity contribution in [2.45, 2.75) is 10.7 Å². The van der Waals surface area contributed by atoms with E-state index in [1.807, 2.05) is 12.1 Å². The molecule has 1 aliphatic rings. The molecule has 0 bridgehead atoms. The molecule has 6 nitrogen and oxygen atoms in total. The van der Waals surface area contributed by atoms with E-state index in [0.29, 0.717) is 18.7 Å². The van der Waals surface area contributed by atoms with Crippen molar-refractivity contribution < 1.29 is 22.0 Å². The molecule has 0 unspecified atom stereocenters. The summed E-state index contributed by atoms with van der Waals surface area (Å²) in [7, 11) is -4.57. The highest BCUT2D eigenvalue weighted by atomic mass is 32.2. The second kappa shape index (κ2) is 7.51. The Labute approximate surface area is 156 Å². The van der Waals surface area contributed by atoms with E-state index >= 15 is 0 Å². The van der Waals surface area contributed by atoms with Gasteiger partial charge in [-0.25, -0.2) is 8.42 Å². The fraction of sp³-hybridized carbons (Fsp3) is 0.278. The van der Waals surface area contributed by atoms with E-state index in [1.54, 1.807) is 24.3 Å². The van der Waals surface area contributed by atoms with Gasteiger partial charge in [0.1, 0.15) is 0 Å². The third kappa shape index (κ3) is 4.02. The molecule has 2 aromatic carbocycles. The highest BCUT2D eigenvalue weighted by Gasteiger charge is 2.26. The quantitative estimate of drug-likeness (QED) is 0.838. The summed E-state index contributed by atoms with van der Waals surface area (Å²) in [6.07, 6.45) is 0. The molecule has 1 heterocycles.